The lowest BCUT2D eigenvalue weighted by Gasteiger charge is -2.28. The smallest absolute Gasteiger partial charge is 0.254 e. The predicted molar refractivity (Wildman–Crippen MR) is 52.3 cm³/mol. The van der Waals surface area contributed by atoms with Gasteiger partial charge in [0.25, 0.3) is 5.91 Å². The van der Waals surface area contributed by atoms with E-state index in [4.69, 9.17) is 14.2 Å². The molecule has 5 heteroatoms. The molecule has 1 amide bonds. The number of hydrogen-bond acceptors (Lipinski definition) is 4. The minimum atomic E-state index is -0.632. The molecule has 0 unspecified atom stereocenters. The van der Waals surface area contributed by atoms with Crippen LogP contribution in [0.1, 0.15) is 13.8 Å². The van der Waals surface area contributed by atoms with Gasteiger partial charge >= 0.3 is 0 Å². The summed E-state index contributed by atoms with van der Waals surface area (Å²) in [6.45, 7) is 6.52. The van der Waals surface area contributed by atoms with Crippen LogP contribution in [0.25, 0.3) is 0 Å². The number of morpholine rings is 1. The molecule has 0 aromatic rings. The van der Waals surface area contributed by atoms with Crippen LogP contribution in [0.2, 0.25) is 0 Å². The Morgan fingerprint density at radius 2 is 2.00 bits per heavy atom. The molecule has 2 rings (SSSR count). The Morgan fingerprint density at radius 3 is 2.53 bits per heavy atom. The van der Waals surface area contributed by atoms with E-state index in [1.54, 1.807) is 4.90 Å². The zero-order chi connectivity index (χ0) is 10.9. The lowest BCUT2D eigenvalue weighted by atomic mass is 10.3. The summed E-state index contributed by atoms with van der Waals surface area (Å²) in [5.41, 5.74) is 0. The third-order valence-corrected chi connectivity index (χ3v) is 2.61. The first-order valence-corrected chi connectivity index (χ1v) is 5.27. The maximum atomic E-state index is 12.0. The number of ether oxygens (including phenoxy) is 3. The van der Waals surface area contributed by atoms with Gasteiger partial charge in [0.05, 0.1) is 19.8 Å². The van der Waals surface area contributed by atoms with Crippen LogP contribution in [0.15, 0.2) is 0 Å². The van der Waals surface area contributed by atoms with Gasteiger partial charge in [-0.25, -0.2) is 0 Å². The molecule has 0 N–H and O–H groups in total. The Morgan fingerprint density at radius 1 is 1.33 bits per heavy atom. The van der Waals surface area contributed by atoms with Crippen molar-refractivity contribution in [1.29, 1.82) is 0 Å². The lowest BCUT2D eigenvalue weighted by molar-refractivity contribution is -0.162. The lowest BCUT2D eigenvalue weighted by Crippen LogP contribution is -2.46. The molecule has 86 valence electrons. The summed E-state index contributed by atoms with van der Waals surface area (Å²) in [5.74, 6) is -0.615. The fourth-order valence-corrected chi connectivity index (χ4v) is 1.80. The van der Waals surface area contributed by atoms with E-state index in [1.807, 2.05) is 13.8 Å². The number of carbonyl (C=O) groups is 1. The van der Waals surface area contributed by atoms with E-state index >= 15 is 0 Å². The minimum Gasteiger partial charge on any atom is -0.378 e. The monoisotopic (exact) mass is 215 g/mol. The van der Waals surface area contributed by atoms with Crippen molar-refractivity contribution in [1.82, 2.24) is 4.90 Å². The molecular weight excluding hydrogens is 198 g/mol. The van der Waals surface area contributed by atoms with E-state index in [0.29, 0.717) is 32.9 Å². The molecule has 5 nitrogen and oxygen atoms in total. The minimum absolute atomic E-state index is 0.0175. The van der Waals surface area contributed by atoms with Crippen LogP contribution in [-0.4, -0.2) is 55.6 Å². The van der Waals surface area contributed by atoms with E-state index in [-0.39, 0.29) is 5.91 Å². The van der Waals surface area contributed by atoms with Crippen molar-refractivity contribution in [3.63, 3.8) is 0 Å². The van der Waals surface area contributed by atoms with Gasteiger partial charge in [0.1, 0.15) is 0 Å². The van der Waals surface area contributed by atoms with Crippen molar-refractivity contribution in [3.8, 4) is 0 Å². The van der Waals surface area contributed by atoms with Crippen LogP contribution in [-0.2, 0) is 19.0 Å². The first-order valence-electron chi connectivity index (χ1n) is 5.27. The summed E-state index contributed by atoms with van der Waals surface area (Å²) in [6, 6.07) is 0. The van der Waals surface area contributed by atoms with Crippen LogP contribution in [0.4, 0.5) is 0 Å². The van der Waals surface area contributed by atoms with E-state index in [9.17, 15) is 4.79 Å². The molecule has 2 saturated heterocycles. The summed E-state index contributed by atoms with van der Waals surface area (Å²) in [6.07, 6.45) is -0.446. The highest BCUT2D eigenvalue weighted by atomic mass is 16.7. The molecule has 0 bridgehead atoms. The van der Waals surface area contributed by atoms with Gasteiger partial charge in [0.2, 0.25) is 0 Å². The number of amides is 1. The third-order valence-electron chi connectivity index (χ3n) is 2.61. The van der Waals surface area contributed by atoms with Gasteiger partial charge in [-0.1, -0.05) is 0 Å². The van der Waals surface area contributed by atoms with Gasteiger partial charge in [0, 0.05) is 13.1 Å². The molecule has 0 radical (unpaired) electrons. The van der Waals surface area contributed by atoms with Crippen LogP contribution in [0.5, 0.6) is 0 Å². The van der Waals surface area contributed by atoms with E-state index in [1.165, 1.54) is 0 Å². The summed E-state index contributed by atoms with van der Waals surface area (Å²) in [5, 5.41) is 0. The maximum Gasteiger partial charge on any atom is 0.254 e. The number of carbonyl (C=O) groups excluding carboxylic acids is 1. The normalized spacial score (nSPS) is 30.5. The maximum absolute atomic E-state index is 12.0. The van der Waals surface area contributed by atoms with Gasteiger partial charge < -0.3 is 19.1 Å². The zero-order valence-electron chi connectivity index (χ0n) is 9.19. The van der Waals surface area contributed by atoms with E-state index < -0.39 is 11.9 Å². The Kier molecular flexibility index (Phi) is 2.95. The molecule has 2 heterocycles. The van der Waals surface area contributed by atoms with Crippen molar-refractivity contribution in [2.45, 2.75) is 25.7 Å². The highest BCUT2D eigenvalue weighted by molar-refractivity contribution is 5.81. The average Bonchev–Trinajstić information content (AvgIpc) is 2.59. The van der Waals surface area contributed by atoms with Gasteiger partial charge in [0.15, 0.2) is 11.9 Å². The average molecular weight is 215 g/mol. The number of hydrogen-bond donors (Lipinski definition) is 0. The second kappa shape index (κ2) is 4.08. The van der Waals surface area contributed by atoms with Crippen molar-refractivity contribution in [3.05, 3.63) is 0 Å². The second-order valence-corrected chi connectivity index (χ2v) is 4.25. The van der Waals surface area contributed by atoms with Gasteiger partial charge in [-0.3, -0.25) is 4.79 Å². The molecule has 2 aliphatic heterocycles. The third kappa shape index (κ3) is 2.48. The van der Waals surface area contributed by atoms with Crippen LogP contribution < -0.4 is 0 Å². The van der Waals surface area contributed by atoms with Gasteiger partial charge in [-0.05, 0) is 13.8 Å². The number of nitrogens with zero attached hydrogens (tertiary/aromatic N) is 1. The van der Waals surface area contributed by atoms with Crippen LogP contribution in [0, 0.1) is 0 Å². The molecule has 0 saturated carbocycles. The summed E-state index contributed by atoms with van der Waals surface area (Å²) < 4.78 is 16.1. The van der Waals surface area contributed by atoms with E-state index in [2.05, 4.69) is 0 Å². The Balaban J connectivity index is 1.90. The number of rotatable bonds is 1. The van der Waals surface area contributed by atoms with Crippen molar-refractivity contribution >= 4 is 5.91 Å². The highest BCUT2D eigenvalue weighted by Crippen LogP contribution is 2.23. The van der Waals surface area contributed by atoms with Crippen LogP contribution in [0.3, 0.4) is 0 Å². The largest absolute Gasteiger partial charge is 0.378 e. The molecule has 0 spiro atoms. The quantitative estimate of drug-likeness (QED) is 0.617. The first-order chi connectivity index (χ1) is 7.08. The molecule has 2 aliphatic rings. The summed E-state index contributed by atoms with van der Waals surface area (Å²) in [7, 11) is 0. The Hall–Kier alpha value is -0.650. The molecule has 0 aromatic carbocycles. The Labute approximate surface area is 89.3 Å². The molecule has 2 fully saturated rings. The van der Waals surface area contributed by atoms with Gasteiger partial charge in [-0.15, -0.1) is 0 Å². The topological polar surface area (TPSA) is 48.0 Å². The van der Waals surface area contributed by atoms with Crippen LogP contribution >= 0.6 is 0 Å². The molecule has 0 aromatic heterocycles. The molecule has 1 atom stereocenters. The van der Waals surface area contributed by atoms with Crippen molar-refractivity contribution < 1.29 is 19.0 Å². The fraction of sp³-hybridized carbons (Fsp3) is 0.900. The highest BCUT2D eigenvalue weighted by Gasteiger charge is 2.39. The summed E-state index contributed by atoms with van der Waals surface area (Å²) >= 11 is 0. The van der Waals surface area contributed by atoms with E-state index in [0.717, 1.165) is 0 Å². The first kappa shape index (κ1) is 10.9. The second-order valence-electron chi connectivity index (χ2n) is 4.25. The molecular formula is C10H17NO4. The molecule has 0 aliphatic carbocycles. The Bertz CT molecular complexity index is 248. The fourth-order valence-electron chi connectivity index (χ4n) is 1.80. The van der Waals surface area contributed by atoms with Crippen molar-refractivity contribution in [2.75, 3.05) is 32.9 Å². The zero-order valence-corrected chi connectivity index (χ0v) is 9.19. The predicted octanol–water partition coefficient (Wildman–Crippen LogP) is -0.00330. The van der Waals surface area contributed by atoms with Gasteiger partial charge in [-0.2, -0.15) is 0 Å². The SMILES string of the molecule is CC1(C)OC[C@@H](C(=O)N2CCOCC2)O1. The molecule has 15 heavy (non-hydrogen) atoms. The standard InChI is InChI=1S/C10H17NO4/c1-10(2)14-7-8(15-10)9(12)11-3-5-13-6-4-11/h8H,3-7H2,1-2H3/t8-/m0/s1. The summed E-state index contributed by atoms with van der Waals surface area (Å²) in [4.78, 5) is 13.7. The van der Waals surface area contributed by atoms with Crippen molar-refractivity contribution in [2.24, 2.45) is 0 Å².